The van der Waals surface area contributed by atoms with Crippen molar-refractivity contribution in [3.05, 3.63) is 210 Å². The average molecular weight is 634 g/mol. The molecule has 1 heterocycles. The highest BCUT2D eigenvalue weighted by atomic mass is 15.0. The van der Waals surface area contributed by atoms with Gasteiger partial charge in [-0.15, -0.1) is 0 Å². The van der Waals surface area contributed by atoms with Crippen molar-refractivity contribution in [2.45, 2.75) is 5.41 Å². The zero-order valence-corrected chi connectivity index (χ0v) is 27.3. The Labute approximate surface area is 291 Å². The predicted molar refractivity (Wildman–Crippen MR) is 208 cm³/mol. The molecular formula is C49H31N. The summed E-state index contributed by atoms with van der Waals surface area (Å²) in [4.78, 5) is 0. The van der Waals surface area contributed by atoms with Crippen molar-refractivity contribution >= 4 is 21.8 Å². The van der Waals surface area contributed by atoms with E-state index in [4.69, 9.17) is 0 Å². The quantitative estimate of drug-likeness (QED) is 0.182. The number of hydrogen-bond donors (Lipinski definition) is 0. The van der Waals surface area contributed by atoms with Gasteiger partial charge in [0.25, 0.3) is 0 Å². The Morgan fingerprint density at radius 1 is 0.340 bits per heavy atom. The van der Waals surface area contributed by atoms with Gasteiger partial charge in [0, 0.05) is 21.9 Å². The minimum atomic E-state index is -0.392. The standard InChI is InChI=1S/C49H31N/c1-3-16-32(17-4-1)34-30-39(33-18-5-2-6-19-33)48-40(31-34)37-22-10-14-28-45(37)50(48)46-29-15-27-44-47(46)38-23-9-13-26-43(38)49(44)41-24-11-7-20-35(41)36-21-8-12-25-42(36)49/h1-31H. The van der Waals surface area contributed by atoms with Crippen LogP contribution in [0.3, 0.4) is 0 Å². The van der Waals surface area contributed by atoms with Gasteiger partial charge >= 0.3 is 0 Å². The van der Waals surface area contributed by atoms with Gasteiger partial charge in [-0.1, -0.05) is 164 Å². The molecule has 0 fully saturated rings. The summed E-state index contributed by atoms with van der Waals surface area (Å²) in [6, 6.07) is 69.7. The number of rotatable bonds is 3. The van der Waals surface area contributed by atoms with Crippen molar-refractivity contribution in [2.24, 2.45) is 0 Å². The van der Waals surface area contributed by atoms with E-state index in [1.54, 1.807) is 0 Å². The number of para-hydroxylation sites is 1. The van der Waals surface area contributed by atoms with Gasteiger partial charge in [0.15, 0.2) is 0 Å². The van der Waals surface area contributed by atoms with Crippen LogP contribution in [0.5, 0.6) is 0 Å². The first-order chi connectivity index (χ1) is 24.8. The van der Waals surface area contributed by atoms with Crippen LogP contribution in [0.25, 0.3) is 72.0 Å². The Hall–Kier alpha value is -6.44. The first kappa shape index (κ1) is 27.5. The summed E-state index contributed by atoms with van der Waals surface area (Å²) in [5, 5.41) is 2.52. The molecule has 8 aromatic carbocycles. The number of benzene rings is 8. The fraction of sp³-hybridized carbons (Fsp3) is 0.0204. The molecule has 1 heteroatoms. The maximum Gasteiger partial charge on any atom is 0.0726 e. The summed E-state index contributed by atoms with van der Waals surface area (Å²) < 4.78 is 2.56. The SMILES string of the molecule is c1ccc(-c2cc(-c3ccccc3)c3c(c2)c2ccccc2n3-c2cccc3c2-c2ccccc2C32c3ccccc3-c3ccccc32)cc1. The van der Waals surface area contributed by atoms with Gasteiger partial charge in [0.2, 0.25) is 0 Å². The van der Waals surface area contributed by atoms with Crippen LogP contribution in [0.15, 0.2) is 188 Å². The lowest BCUT2D eigenvalue weighted by atomic mass is 9.70. The summed E-state index contributed by atoms with van der Waals surface area (Å²) >= 11 is 0. The molecule has 2 aliphatic rings. The van der Waals surface area contributed by atoms with Gasteiger partial charge in [0.1, 0.15) is 0 Å². The minimum Gasteiger partial charge on any atom is -0.308 e. The van der Waals surface area contributed by atoms with Crippen LogP contribution in [-0.4, -0.2) is 4.57 Å². The van der Waals surface area contributed by atoms with Crippen LogP contribution in [0.1, 0.15) is 22.3 Å². The van der Waals surface area contributed by atoms with Gasteiger partial charge in [-0.05, 0) is 79.9 Å². The minimum absolute atomic E-state index is 0.392. The molecule has 0 aliphatic heterocycles. The molecule has 0 atom stereocenters. The lowest BCUT2D eigenvalue weighted by Crippen LogP contribution is -2.25. The third-order valence-corrected chi connectivity index (χ3v) is 11.2. The second-order valence-corrected chi connectivity index (χ2v) is 13.6. The van der Waals surface area contributed by atoms with E-state index in [-0.39, 0.29) is 0 Å². The van der Waals surface area contributed by atoms with E-state index in [0.29, 0.717) is 0 Å². The summed E-state index contributed by atoms with van der Waals surface area (Å²) in [5.74, 6) is 0. The number of nitrogens with zero attached hydrogens (tertiary/aromatic N) is 1. The van der Waals surface area contributed by atoms with Crippen molar-refractivity contribution in [1.82, 2.24) is 4.57 Å². The molecule has 2 aliphatic carbocycles. The second-order valence-electron chi connectivity index (χ2n) is 13.6. The Bertz CT molecular complexity index is 2760. The van der Waals surface area contributed by atoms with E-state index in [1.165, 1.54) is 94.3 Å². The number of fused-ring (bicyclic) bond motifs is 13. The molecule has 0 saturated carbocycles. The van der Waals surface area contributed by atoms with Crippen molar-refractivity contribution in [2.75, 3.05) is 0 Å². The van der Waals surface area contributed by atoms with Crippen LogP contribution >= 0.6 is 0 Å². The summed E-state index contributed by atoms with van der Waals surface area (Å²) in [7, 11) is 0. The Balaban J connectivity index is 1.30. The van der Waals surface area contributed by atoms with E-state index in [9.17, 15) is 0 Å². The van der Waals surface area contributed by atoms with Gasteiger partial charge in [-0.25, -0.2) is 0 Å². The molecule has 232 valence electrons. The highest BCUT2D eigenvalue weighted by molar-refractivity contribution is 6.16. The smallest absolute Gasteiger partial charge is 0.0726 e. The van der Waals surface area contributed by atoms with Crippen LogP contribution in [0.2, 0.25) is 0 Å². The summed E-state index contributed by atoms with van der Waals surface area (Å²) in [6.45, 7) is 0. The van der Waals surface area contributed by atoms with Gasteiger partial charge in [0.05, 0.1) is 22.1 Å². The zero-order chi connectivity index (χ0) is 32.8. The highest BCUT2D eigenvalue weighted by Gasteiger charge is 2.52. The van der Waals surface area contributed by atoms with Crippen LogP contribution in [-0.2, 0) is 5.41 Å². The molecule has 0 unspecified atom stereocenters. The largest absolute Gasteiger partial charge is 0.308 e. The predicted octanol–water partition coefficient (Wildman–Crippen LogP) is 12.5. The summed E-state index contributed by atoms with van der Waals surface area (Å²) in [6.07, 6.45) is 0. The van der Waals surface area contributed by atoms with Gasteiger partial charge in [-0.3, -0.25) is 0 Å². The first-order valence-corrected chi connectivity index (χ1v) is 17.5. The summed E-state index contributed by atoms with van der Waals surface area (Å²) in [5.41, 5.74) is 18.9. The molecule has 1 spiro atoms. The fourth-order valence-corrected chi connectivity index (χ4v) is 9.29. The van der Waals surface area contributed by atoms with E-state index >= 15 is 0 Å². The molecule has 1 aromatic heterocycles. The first-order valence-electron chi connectivity index (χ1n) is 17.5. The lowest BCUT2D eigenvalue weighted by molar-refractivity contribution is 0.793. The van der Waals surface area contributed by atoms with Crippen molar-refractivity contribution in [3.8, 4) is 50.2 Å². The van der Waals surface area contributed by atoms with Crippen LogP contribution < -0.4 is 0 Å². The van der Waals surface area contributed by atoms with E-state index in [1.807, 2.05) is 0 Å². The van der Waals surface area contributed by atoms with E-state index < -0.39 is 5.41 Å². The maximum absolute atomic E-state index is 2.56. The highest BCUT2D eigenvalue weighted by Crippen LogP contribution is 2.63. The molecule has 0 N–H and O–H groups in total. The van der Waals surface area contributed by atoms with Gasteiger partial charge < -0.3 is 4.57 Å². The van der Waals surface area contributed by atoms with Gasteiger partial charge in [-0.2, -0.15) is 0 Å². The molecule has 0 saturated heterocycles. The van der Waals surface area contributed by atoms with Crippen molar-refractivity contribution in [3.63, 3.8) is 0 Å². The Kier molecular flexibility index (Phi) is 5.66. The molecule has 1 nitrogen and oxygen atoms in total. The molecule has 0 bridgehead atoms. The third-order valence-electron chi connectivity index (χ3n) is 11.2. The maximum atomic E-state index is 2.56. The number of aromatic nitrogens is 1. The fourth-order valence-electron chi connectivity index (χ4n) is 9.29. The molecule has 9 aromatic rings. The van der Waals surface area contributed by atoms with E-state index in [2.05, 4.69) is 193 Å². The second kappa shape index (κ2) is 10.3. The Morgan fingerprint density at radius 2 is 0.880 bits per heavy atom. The average Bonchev–Trinajstić information content (AvgIpc) is 3.80. The molecule has 11 rings (SSSR count). The molecule has 0 radical (unpaired) electrons. The lowest BCUT2D eigenvalue weighted by Gasteiger charge is -2.30. The molecule has 0 amide bonds. The Morgan fingerprint density at radius 3 is 1.58 bits per heavy atom. The zero-order valence-electron chi connectivity index (χ0n) is 27.3. The van der Waals surface area contributed by atoms with Crippen molar-refractivity contribution in [1.29, 1.82) is 0 Å². The van der Waals surface area contributed by atoms with Crippen molar-refractivity contribution < 1.29 is 0 Å². The third kappa shape index (κ3) is 3.51. The topological polar surface area (TPSA) is 4.93 Å². The monoisotopic (exact) mass is 633 g/mol. The molecular weight excluding hydrogens is 603 g/mol. The normalized spacial score (nSPS) is 13.4. The molecule has 50 heavy (non-hydrogen) atoms. The van der Waals surface area contributed by atoms with Crippen LogP contribution in [0.4, 0.5) is 0 Å². The number of hydrogen-bond acceptors (Lipinski definition) is 0. The van der Waals surface area contributed by atoms with E-state index in [0.717, 1.165) is 0 Å². The van der Waals surface area contributed by atoms with Crippen LogP contribution in [0, 0.1) is 0 Å².